The van der Waals surface area contributed by atoms with Crippen molar-refractivity contribution in [3.05, 3.63) is 60.2 Å². The second-order valence-electron chi connectivity index (χ2n) is 9.00. The Hall–Kier alpha value is -3.19. The van der Waals surface area contributed by atoms with E-state index in [0.717, 1.165) is 32.4 Å². The highest BCUT2D eigenvalue weighted by Gasteiger charge is 2.29. The van der Waals surface area contributed by atoms with E-state index in [9.17, 15) is 14.4 Å². The van der Waals surface area contributed by atoms with Crippen molar-refractivity contribution >= 4 is 29.1 Å². The lowest BCUT2D eigenvalue weighted by molar-refractivity contribution is -0.138. The van der Waals surface area contributed by atoms with E-state index in [-0.39, 0.29) is 30.3 Å². The van der Waals surface area contributed by atoms with Crippen molar-refractivity contribution in [3.8, 4) is 0 Å². The number of carbonyl (C=O) groups excluding carboxylic acids is 3. The van der Waals surface area contributed by atoms with E-state index >= 15 is 0 Å². The monoisotopic (exact) mass is 464 g/mol. The van der Waals surface area contributed by atoms with E-state index in [4.69, 9.17) is 0 Å². The van der Waals surface area contributed by atoms with Gasteiger partial charge < -0.3 is 15.5 Å². The quantitative estimate of drug-likeness (QED) is 0.592. The normalized spacial score (nSPS) is 15.1. The summed E-state index contributed by atoms with van der Waals surface area (Å²) >= 11 is 0. The van der Waals surface area contributed by atoms with Crippen molar-refractivity contribution < 1.29 is 14.4 Å². The predicted molar refractivity (Wildman–Crippen MR) is 136 cm³/mol. The minimum Gasteiger partial charge on any atom is -0.341 e. The maximum atomic E-state index is 13.1. The summed E-state index contributed by atoms with van der Waals surface area (Å²) in [7, 11) is 0. The van der Waals surface area contributed by atoms with Gasteiger partial charge in [-0.3, -0.25) is 19.3 Å². The van der Waals surface area contributed by atoms with Crippen LogP contribution in [0, 0.1) is 5.92 Å². The molecule has 0 aliphatic carbocycles. The molecule has 0 aromatic heterocycles. The Morgan fingerprint density at radius 3 is 2.12 bits per heavy atom. The number of carbonyl (C=O) groups is 3. The Balaban J connectivity index is 1.47. The molecule has 1 saturated heterocycles. The van der Waals surface area contributed by atoms with Crippen LogP contribution in [0.15, 0.2) is 54.6 Å². The zero-order valence-electron chi connectivity index (χ0n) is 20.4. The molecule has 0 spiro atoms. The summed E-state index contributed by atoms with van der Waals surface area (Å²) in [6.07, 6.45) is 3.08. The molecule has 3 amide bonds. The largest absolute Gasteiger partial charge is 0.341 e. The molecule has 34 heavy (non-hydrogen) atoms. The van der Waals surface area contributed by atoms with Gasteiger partial charge in [0.05, 0.1) is 12.6 Å². The topological polar surface area (TPSA) is 81.8 Å². The molecule has 1 fully saturated rings. The maximum absolute atomic E-state index is 13.1. The lowest BCUT2D eigenvalue weighted by atomic mass is 9.90. The van der Waals surface area contributed by atoms with Gasteiger partial charge in [-0.15, -0.1) is 0 Å². The Labute approximate surface area is 202 Å². The fraction of sp³-hybridized carbons (Fsp3) is 0.444. The number of nitrogens with zero attached hydrogens (tertiary/aromatic N) is 2. The molecule has 1 unspecified atom stereocenters. The van der Waals surface area contributed by atoms with E-state index in [0.29, 0.717) is 23.8 Å². The minimum absolute atomic E-state index is 0.0903. The average Bonchev–Trinajstić information content (AvgIpc) is 2.83. The first-order valence-corrected chi connectivity index (χ1v) is 12.1. The van der Waals surface area contributed by atoms with Crippen LogP contribution >= 0.6 is 0 Å². The van der Waals surface area contributed by atoms with Crippen LogP contribution in [0.3, 0.4) is 0 Å². The number of nitrogens with one attached hydrogen (secondary N) is 2. The van der Waals surface area contributed by atoms with Gasteiger partial charge in [-0.1, -0.05) is 37.3 Å². The molecule has 7 heteroatoms. The molecule has 2 aromatic rings. The molecule has 1 aliphatic rings. The van der Waals surface area contributed by atoms with E-state index in [1.807, 2.05) is 29.7 Å². The third kappa shape index (κ3) is 7.42. The Morgan fingerprint density at radius 2 is 1.56 bits per heavy atom. The van der Waals surface area contributed by atoms with Crippen LogP contribution in [0.2, 0.25) is 0 Å². The molecule has 2 N–H and O–H groups in total. The zero-order valence-corrected chi connectivity index (χ0v) is 20.4. The number of anilines is 2. The zero-order chi connectivity index (χ0) is 24.5. The second-order valence-corrected chi connectivity index (χ2v) is 9.00. The summed E-state index contributed by atoms with van der Waals surface area (Å²) in [6, 6.07) is 17.1. The predicted octanol–water partition coefficient (Wildman–Crippen LogP) is 3.78. The molecular weight excluding hydrogens is 428 g/mol. The number of benzene rings is 2. The molecule has 2 aromatic carbocycles. The third-order valence-electron chi connectivity index (χ3n) is 6.44. The summed E-state index contributed by atoms with van der Waals surface area (Å²) in [6.45, 7) is 7.58. The summed E-state index contributed by atoms with van der Waals surface area (Å²) < 4.78 is 0. The molecular formula is C27H36N4O3. The van der Waals surface area contributed by atoms with Crippen molar-refractivity contribution in [3.63, 3.8) is 0 Å². The van der Waals surface area contributed by atoms with Gasteiger partial charge in [-0.05, 0) is 68.5 Å². The van der Waals surface area contributed by atoms with Crippen LogP contribution in [0.25, 0.3) is 0 Å². The van der Waals surface area contributed by atoms with Gasteiger partial charge in [0, 0.05) is 31.4 Å². The standard InChI is InChI=1S/C27H36N4O3/c1-4-30(19-26(33)29-25-12-10-24(11-13-25)28-21(3)32)20(2)27(34)31-16-14-23(15-17-31)18-22-8-6-5-7-9-22/h5-13,20,23H,4,14-19H2,1-3H3,(H,28,32)(H,29,33). The Morgan fingerprint density at radius 1 is 0.971 bits per heavy atom. The molecule has 1 aliphatic heterocycles. The molecule has 0 radical (unpaired) electrons. The van der Waals surface area contributed by atoms with Gasteiger partial charge in [-0.25, -0.2) is 0 Å². The minimum atomic E-state index is -0.358. The van der Waals surface area contributed by atoms with E-state index in [2.05, 4.69) is 34.9 Å². The van der Waals surface area contributed by atoms with E-state index in [1.165, 1.54) is 12.5 Å². The summed E-state index contributed by atoms with van der Waals surface area (Å²) in [5.41, 5.74) is 2.68. The maximum Gasteiger partial charge on any atom is 0.239 e. The number of piperidine rings is 1. The average molecular weight is 465 g/mol. The fourth-order valence-electron chi connectivity index (χ4n) is 4.47. The van der Waals surface area contributed by atoms with Gasteiger partial charge >= 0.3 is 0 Å². The Bertz CT molecular complexity index is 954. The highest BCUT2D eigenvalue weighted by molar-refractivity contribution is 5.93. The van der Waals surface area contributed by atoms with Crippen molar-refractivity contribution in [2.24, 2.45) is 5.92 Å². The third-order valence-corrected chi connectivity index (χ3v) is 6.44. The first kappa shape index (κ1) is 25.4. The lowest BCUT2D eigenvalue weighted by Gasteiger charge is -2.36. The van der Waals surface area contributed by atoms with Crippen molar-refractivity contribution in [2.45, 2.75) is 46.1 Å². The van der Waals surface area contributed by atoms with Gasteiger partial charge in [0.25, 0.3) is 0 Å². The number of amides is 3. The molecule has 0 saturated carbocycles. The van der Waals surface area contributed by atoms with Crippen LogP contribution in [0.5, 0.6) is 0 Å². The molecule has 182 valence electrons. The fourth-order valence-corrected chi connectivity index (χ4v) is 4.47. The van der Waals surface area contributed by atoms with Gasteiger partial charge in [0.1, 0.15) is 0 Å². The van der Waals surface area contributed by atoms with Crippen molar-refractivity contribution in [1.29, 1.82) is 0 Å². The summed E-state index contributed by atoms with van der Waals surface area (Å²) in [4.78, 5) is 40.8. The number of rotatable bonds is 9. The van der Waals surface area contributed by atoms with E-state index < -0.39 is 0 Å². The Kier molecular flexibility index (Phi) is 9.22. The highest BCUT2D eigenvalue weighted by atomic mass is 16.2. The van der Waals surface area contributed by atoms with Crippen LogP contribution in [0.4, 0.5) is 11.4 Å². The molecule has 7 nitrogen and oxygen atoms in total. The van der Waals surface area contributed by atoms with Crippen LogP contribution < -0.4 is 10.6 Å². The van der Waals surface area contributed by atoms with Crippen LogP contribution in [-0.2, 0) is 20.8 Å². The summed E-state index contributed by atoms with van der Waals surface area (Å²) in [5.74, 6) is 0.379. The number of likely N-dealkylation sites (N-methyl/N-ethyl adjacent to an activating group) is 1. The van der Waals surface area contributed by atoms with Gasteiger partial charge in [0.15, 0.2) is 0 Å². The number of likely N-dealkylation sites (tertiary alicyclic amines) is 1. The number of hydrogen-bond acceptors (Lipinski definition) is 4. The SMILES string of the molecule is CCN(CC(=O)Nc1ccc(NC(C)=O)cc1)C(C)C(=O)N1CCC(Cc2ccccc2)CC1. The van der Waals surface area contributed by atoms with Gasteiger partial charge in [-0.2, -0.15) is 0 Å². The van der Waals surface area contributed by atoms with Crippen molar-refractivity contribution in [2.75, 3.05) is 36.8 Å². The van der Waals surface area contributed by atoms with Crippen LogP contribution in [0.1, 0.15) is 39.2 Å². The smallest absolute Gasteiger partial charge is 0.239 e. The second kappa shape index (κ2) is 12.3. The number of hydrogen-bond donors (Lipinski definition) is 2. The van der Waals surface area contributed by atoms with Gasteiger partial charge in [0.2, 0.25) is 17.7 Å². The first-order valence-electron chi connectivity index (χ1n) is 12.1. The lowest BCUT2D eigenvalue weighted by Crippen LogP contribution is -2.51. The van der Waals surface area contributed by atoms with Crippen LogP contribution in [-0.4, -0.2) is 59.7 Å². The van der Waals surface area contributed by atoms with E-state index in [1.54, 1.807) is 24.3 Å². The molecule has 0 bridgehead atoms. The molecule has 3 rings (SSSR count). The molecule has 1 heterocycles. The first-order chi connectivity index (χ1) is 16.4. The molecule has 1 atom stereocenters. The highest BCUT2D eigenvalue weighted by Crippen LogP contribution is 2.22. The summed E-state index contributed by atoms with van der Waals surface area (Å²) in [5, 5.41) is 5.57. The van der Waals surface area contributed by atoms with Crippen molar-refractivity contribution in [1.82, 2.24) is 9.80 Å².